The molecule has 10 heteroatoms. The van der Waals surface area contributed by atoms with E-state index in [1.165, 1.54) is 0 Å². The summed E-state index contributed by atoms with van der Waals surface area (Å²) in [4.78, 5) is 13.6. The highest BCUT2D eigenvalue weighted by Gasteiger charge is 2.16. The van der Waals surface area contributed by atoms with Crippen LogP contribution in [0.3, 0.4) is 0 Å². The van der Waals surface area contributed by atoms with Gasteiger partial charge in [-0.05, 0) is 12.8 Å². The molecule has 0 radical (unpaired) electrons. The number of aromatic nitrogens is 3. The van der Waals surface area contributed by atoms with Gasteiger partial charge in [-0.25, -0.2) is 0 Å². The van der Waals surface area contributed by atoms with E-state index in [0.717, 1.165) is 31.6 Å². The molecule has 0 saturated carbocycles. The number of halogens is 1. The van der Waals surface area contributed by atoms with Gasteiger partial charge in [0.15, 0.2) is 5.82 Å². The molecule has 1 aliphatic rings. The third kappa shape index (κ3) is 8.37. The van der Waals surface area contributed by atoms with E-state index in [1.807, 2.05) is 30.3 Å². The first kappa shape index (κ1) is 24.2. The van der Waals surface area contributed by atoms with Gasteiger partial charge in [0.1, 0.15) is 0 Å². The normalized spacial score (nSPS) is 15.6. The van der Waals surface area contributed by atoms with Gasteiger partial charge in [0, 0.05) is 25.3 Å². The highest BCUT2D eigenvalue weighted by atomic mass is 35.5. The summed E-state index contributed by atoms with van der Waals surface area (Å²) < 4.78 is 16.6. The average molecular weight is 439 g/mol. The van der Waals surface area contributed by atoms with Crippen LogP contribution in [-0.2, 0) is 14.2 Å². The van der Waals surface area contributed by atoms with E-state index in [-0.39, 0.29) is 18.5 Å². The van der Waals surface area contributed by atoms with E-state index < -0.39 is 0 Å². The van der Waals surface area contributed by atoms with Crippen molar-refractivity contribution in [3.05, 3.63) is 30.3 Å². The number of rotatable bonds is 13. The Kier molecular flexibility index (Phi) is 11.3. The van der Waals surface area contributed by atoms with Crippen LogP contribution >= 0.6 is 0 Å². The first-order valence-electron chi connectivity index (χ1n) is 10.2. The predicted molar refractivity (Wildman–Crippen MR) is 111 cm³/mol. The lowest BCUT2D eigenvalue weighted by atomic mass is 10.2. The first-order chi connectivity index (χ1) is 14.3. The van der Waals surface area contributed by atoms with Crippen LogP contribution in [0.15, 0.2) is 30.3 Å². The van der Waals surface area contributed by atoms with Crippen LogP contribution in [-0.4, -0.2) is 73.7 Å². The molecule has 2 aromatic rings. The van der Waals surface area contributed by atoms with E-state index in [4.69, 9.17) is 14.2 Å². The van der Waals surface area contributed by atoms with Crippen molar-refractivity contribution in [3.8, 4) is 11.4 Å². The maximum absolute atomic E-state index is 5.67. The quantitative estimate of drug-likeness (QED) is 0.302. The molecular weight excluding hydrogens is 408 g/mol. The molecule has 2 heterocycles. The fourth-order valence-corrected chi connectivity index (χ4v) is 2.92. The summed E-state index contributed by atoms with van der Waals surface area (Å²) in [6, 6.07) is 9.88. The van der Waals surface area contributed by atoms with Crippen molar-refractivity contribution in [2.24, 2.45) is 0 Å². The lowest BCUT2D eigenvalue weighted by Crippen LogP contribution is -3.00. The molecule has 166 valence electrons. The summed E-state index contributed by atoms with van der Waals surface area (Å²) in [5, 5.41) is 6.50. The fourth-order valence-electron chi connectivity index (χ4n) is 2.92. The molecule has 5 N–H and O–H groups in total. The van der Waals surface area contributed by atoms with Gasteiger partial charge in [-0.1, -0.05) is 30.3 Å². The number of hydrogen-bond donors (Lipinski definition) is 3. The third-order valence-electron chi connectivity index (χ3n) is 4.37. The molecule has 9 nitrogen and oxygen atoms in total. The lowest BCUT2D eigenvalue weighted by molar-refractivity contribution is -0.374. The van der Waals surface area contributed by atoms with Crippen molar-refractivity contribution in [2.45, 2.75) is 18.9 Å². The zero-order chi connectivity index (χ0) is 20.2. The number of anilines is 2. The van der Waals surface area contributed by atoms with E-state index in [9.17, 15) is 0 Å². The molecule has 1 fully saturated rings. The number of quaternary nitrogens is 1. The molecule has 0 aliphatic carbocycles. The number of nitrogens with zero attached hydrogens (tertiary/aromatic N) is 3. The van der Waals surface area contributed by atoms with Crippen LogP contribution in [0.4, 0.5) is 11.9 Å². The molecular formula is C20H31ClN6O3. The molecule has 0 amide bonds. The number of hydrogen-bond acceptors (Lipinski definition) is 8. The molecule has 1 aliphatic heterocycles. The standard InChI is InChI=1S/C20H30N6O3.ClH/c21-8-11-27-13-14-28-12-9-22-19-24-18(16-5-2-1-3-6-16)25-20(26-19)23-15-17-7-4-10-29-17;/h1-3,5-6,17H,4,7-15,21H2,(H2,22,23,24,25,26);1H. The second-order valence-corrected chi connectivity index (χ2v) is 6.69. The zero-order valence-corrected chi connectivity index (χ0v) is 17.9. The predicted octanol–water partition coefficient (Wildman–Crippen LogP) is -2.18. The van der Waals surface area contributed by atoms with Crippen LogP contribution in [0.2, 0.25) is 0 Å². The molecule has 0 bridgehead atoms. The van der Waals surface area contributed by atoms with Crippen molar-refractivity contribution in [3.63, 3.8) is 0 Å². The molecule has 0 spiro atoms. The highest BCUT2D eigenvalue weighted by molar-refractivity contribution is 5.57. The molecule has 3 rings (SSSR count). The molecule has 1 aromatic heterocycles. The van der Waals surface area contributed by atoms with Gasteiger partial charge < -0.3 is 43.0 Å². The molecule has 1 saturated heterocycles. The number of ether oxygens (including phenoxy) is 3. The Hall–Kier alpha value is -2.04. The van der Waals surface area contributed by atoms with Crippen molar-refractivity contribution in [2.75, 3.05) is 63.3 Å². The first-order valence-corrected chi connectivity index (χ1v) is 10.2. The second kappa shape index (κ2) is 14.1. The van der Waals surface area contributed by atoms with Crippen molar-refractivity contribution >= 4 is 11.9 Å². The van der Waals surface area contributed by atoms with Gasteiger partial charge in [-0.2, -0.15) is 15.0 Å². The van der Waals surface area contributed by atoms with Crippen molar-refractivity contribution in [1.29, 1.82) is 0 Å². The third-order valence-corrected chi connectivity index (χ3v) is 4.37. The summed E-state index contributed by atoms with van der Waals surface area (Å²) in [6.45, 7) is 5.22. The van der Waals surface area contributed by atoms with Crippen molar-refractivity contribution in [1.82, 2.24) is 15.0 Å². The van der Waals surface area contributed by atoms with Crippen LogP contribution in [0.5, 0.6) is 0 Å². The van der Waals surface area contributed by atoms with E-state index in [2.05, 4.69) is 31.3 Å². The minimum Gasteiger partial charge on any atom is -1.00 e. The van der Waals surface area contributed by atoms with Gasteiger partial charge >= 0.3 is 0 Å². The van der Waals surface area contributed by atoms with Gasteiger partial charge in [0.25, 0.3) is 0 Å². The minimum absolute atomic E-state index is 0. The maximum atomic E-state index is 5.67. The lowest BCUT2D eigenvalue weighted by Gasteiger charge is -2.13. The number of nitrogens with one attached hydrogen (secondary N) is 2. The summed E-state index contributed by atoms with van der Waals surface area (Å²) >= 11 is 0. The summed E-state index contributed by atoms with van der Waals surface area (Å²) in [7, 11) is 0. The monoisotopic (exact) mass is 438 g/mol. The highest BCUT2D eigenvalue weighted by Crippen LogP contribution is 2.18. The molecule has 1 atom stereocenters. The van der Waals surface area contributed by atoms with Gasteiger partial charge in [-0.15, -0.1) is 0 Å². The fraction of sp³-hybridized carbons (Fsp3) is 0.550. The van der Waals surface area contributed by atoms with E-state index in [1.54, 1.807) is 0 Å². The maximum Gasteiger partial charge on any atom is 0.228 e. The Morgan fingerprint density at radius 3 is 2.40 bits per heavy atom. The molecule has 1 aromatic carbocycles. The SMILES string of the molecule is [Cl-].[NH3+]CCOCCOCCNc1nc(NCC2CCCO2)nc(-c2ccccc2)n1. The second-order valence-electron chi connectivity index (χ2n) is 6.69. The van der Waals surface area contributed by atoms with E-state index in [0.29, 0.717) is 57.2 Å². The Balaban J connectivity index is 0.00000320. The minimum atomic E-state index is 0. The largest absolute Gasteiger partial charge is 1.00 e. The van der Waals surface area contributed by atoms with Gasteiger partial charge in [0.2, 0.25) is 11.9 Å². The van der Waals surface area contributed by atoms with Crippen LogP contribution in [0.1, 0.15) is 12.8 Å². The Morgan fingerprint density at radius 2 is 1.70 bits per heavy atom. The van der Waals surface area contributed by atoms with E-state index >= 15 is 0 Å². The Bertz CT molecular complexity index is 719. The van der Waals surface area contributed by atoms with Crippen molar-refractivity contribution < 1.29 is 32.4 Å². The average Bonchev–Trinajstić information content (AvgIpc) is 3.28. The summed E-state index contributed by atoms with van der Waals surface area (Å²) in [6.07, 6.45) is 2.37. The number of benzene rings is 1. The summed E-state index contributed by atoms with van der Waals surface area (Å²) in [5.41, 5.74) is 4.67. The van der Waals surface area contributed by atoms with Crippen LogP contribution in [0.25, 0.3) is 11.4 Å². The molecule has 30 heavy (non-hydrogen) atoms. The van der Waals surface area contributed by atoms with Crippen LogP contribution in [0, 0.1) is 0 Å². The van der Waals surface area contributed by atoms with Gasteiger partial charge in [-0.3, -0.25) is 0 Å². The smallest absolute Gasteiger partial charge is 0.228 e. The topological polar surface area (TPSA) is 118 Å². The Morgan fingerprint density at radius 1 is 0.967 bits per heavy atom. The molecule has 1 unspecified atom stereocenters. The van der Waals surface area contributed by atoms with Gasteiger partial charge in [0.05, 0.1) is 39.1 Å². The Labute approximate surface area is 183 Å². The van der Waals surface area contributed by atoms with Crippen LogP contribution < -0.4 is 28.8 Å². The zero-order valence-electron chi connectivity index (χ0n) is 17.2. The summed E-state index contributed by atoms with van der Waals surface area (Å²) in [5.74, 6) is 1.69.